The zero-order valence-corrected chi connectivity index (χ0v) is 22.5. The zero-order valence-electron chi connectivity index (χ0n) is 20.0. The fourth-order valence-corrected chi connectivity index (χ4v) is 4.20. The topological polar surface area (TPSA) is 144 Å². The molecule has 1 aliphatic rings. The number of carbonyl (C=O) groups is 1. The second kappa shape index (κ2) is 14.6. The van der Waals surface area contributed by atoms with Crippen molar-refractivity contribution >= 4 is 65.8 Å². The molecule has 6 N–H and O–H groups in total. The molecule has 196 valence electrons. The summed E-state index contributed by atoms with van der Waals surface area (Å²) in [6, 6.07) is 9.78. The summed E-state index contributed by atoms with van der Waals surface area (Å²) in [6.07, 6.45) is 8.17. The Labute approximate surface area is 229 Å². The van der Waals surface area contributed by atoms with Gasteiger partial charge in [0, 0.05) is 24.3 Å². The molecule has 12 heteroatoms. The van der Waals surface area contributed by atoms with Crippen LogP contribution in [0, 0.1) is 6.92 Å². The second-order valence-electron chi connectivity index (χ2n) is 8.43. The lowest BCUT2D eigenvalue weighted by Crippen LogP contribution is -2.38. The van der Waals surface area contributed by atoms with E-state index in [9.17, 15) is 4.79 Å². The van der Waals surface area contributed by atoms with Gasteiger partial charge in [-0.15, -0.1) is 37.2 Å². The Kier molecular flexibility index (Phi) is 12.7. The Bertz CT molecular complexity index is 1160. The first-order chi connectivity index (χ1) is 16.0. The van der Waals surface area contributed by atoms with E-state index in [1.807, 2.05) is 37.3 Å². The average Bonchev–Trinajstić information content (AvgIpc) is 2.81. The van der Waals surface area contributed by atoms with Gasteiger partial charge in [0.1, 0.15) is 5.82 Å². The molecule has 1 aromatic carbocycles. The maximum atomic E-state index is 12.9. The van der Waals surface area contributed by atoms with E-state index in [1.165, 1.54) is 0 Å². The third-order valence-corrected chi connectivity index (χ3v) is 5.87. The number of pyridine rings is 1. The molecule has 2 atom stereocenters. The van der Waals surface area contributed by atoms with Gasteiger partial charge in [0.05, 0.1) is 17.6 Å². The monoisotopic (exact) mass is 554 g/mol. The minimum absolute atomic E-state index is 0. The van der Waals surface area contributed by atoms with Crippen molar-refractivity contribution in [2.75, 3.05) is 11.9 Å². The van der Waals surface area contributed by atoms with E-state index in [0.717, 1.165) is 42.2 Å². The lowest BCUT2D eigenvalue weighted by molar-refractivity contribution is 0.0944. The Balaban J connectivity index is 0.00000216. The second-order valence-corrected chi connectivity index (χ2v) is 8.43. The van der Waals surface area contributed by atoms with Gasteiger partial charge in [0.15, 0.2) is 5.96 Å². The van der Waals surface area contributed by atoms with E-state index in [4.69, 9.17) is 11.5 Å². The number of hydrogen-bond acceptors (Lipinski definition) is 6. The minimum atomic E-state index is -0.306. The highest BCUT2D eigenvalue weighted by atomic mass is 35.5. The molecule has 1 aliphatic carbocycles. The van der Waals surface area contributed by atoms with Crippen LogP contribution in [0.15, 0.2) is 47.7 Å². The number of aromatic nitrogens is 3. The van der Waals surface area contributed by atoms with E-state index in [-0.39, 0.29) is 67.0 Å². The Morgan fingerprint density at radius 2 is 1.78 bits per heavy atom. The van der Waals surface area contributed by atoms with E-state index >= 15 is 0 Å². The van der Waals surface area contributed by atoms with Crippen molar-refractivity contribution in [3.05, 3.63) is 59.7 Å². The number of hydrogen-bond donors (Lipinski definition) is 4. The van der Waals surface area contributed by atoms with E-state index in [0.29, 0.717) is 24.3 Å². The third kappa shape index (κ3) is 8.08. The Morgan fingerprint density at radius 3 is 2.50 bits per heavy atom. The number of anilines is 1. The lowest BCUT2D eigenvalue weighted by atomic mass is 9.90. The third-order valence-electron chi connectivity index (χ3n) is 5.87. The van der Waals surface area contributed by atoms with Crippen LogP contribution >= 0.6 is 37.2 Å². The quantitative estimate of drug-likeness (QED) is 0.258. The van der Waals surface area contributed by atoms with Crippen LogP contribution in [0.25, 0.3) is 10.9 Å². The average molecular weight is 556 g/mol. The number of halogens is 3. The van der Waals surface area contributed by atoms with Crippen LogP contribution in [0.4, 0.5) is 5.82 Å². The summed E-state index contributed by atoms with van der Waals surface area (Å²) in [5, 5.41) is 7.32. The van der Waals surface area contributed by atoms with Gasteiger partial charge in [-0.05, 0) is 56.0 Å². The molecule has 0 saturated heterocycles. The molecule has 1 fully saturated rings. The number of carbonyl (C=O) groups excluding carboxylic acids is 1. The number of benzene rings is 1. The fraction of sp³-hybridized carbons (Fsp3) is 0.375. The number of aliphatic imine (C=N–C) groups is 1. The summed E-state index contributed by atoms with van der Waals surface area (Å²) in [5.74, 6) is 0.550. The van der Waals surface area contributed by atoms with Crippen molar-refractivity contribution in [2.45, 2.75) is 51.1 Å². The van der Waals surface area contributed by atoms with Gasteiger partial charge in [-0.3, -0.25) is 9.78 Å². The summed E-state index contributed by atoms with van der Waals surface area (Å²) in [4.78, 5) is 30.4. The van der Waals surface area contributed by atoms with Crippen molar-refractivity contribution in [1.82, 2.24) is 20.3 Å². The molecule has 0 radical (unpaired) electrons. The van der Waals surface area contributed by atoms with Gasteiger partial charge >= 0.3 is 0 Å². The first-order valence-corrected chi connectivity index (χ1v) is 11.3. The van der Waals surface area contributed by atoms with Crippen molar-refractivity contribution in [3.8, 4) is 0 Å². The van der Waals surface area contributed by atoms with Gasteiger partial charge in [-0.2, -0.15) is 0 Å². The molecule has 36 heavy (non-hydrogen) atoms. The largest absolute Gasteiger partial charge is 0.370 e. The minimum Gasteiger partial charge on any atom is -0.370 e. The van der Waals surface area contributed by atoms with Crippen LogP contribution in [-0.4, -0.2) is 45.4 Å². The van der Waals surface area contributed by atoms with Crippen LogP contribution in [0.2, 0.25) is 0 Å². The number of nitrogens with two attached hydrogens (primary N) is 2. The number of rotatable bonds is 7. The number of nitrogens with one attached hydrogen (secondary N) is 2. The molecule has 0 bridgehead atoms. The number of nitrogens with zero attached hydrogens (tertiary/aromatic N) is 4. The molecule has 1 amide bonds. The highest BCUT2D eigenvalue weighted by Crippen LogP contribution is 2.28. The summed E-state index contributed by atoms with van der Waals surface area (Å²) in [6.45, 7) is 2.50. The molecule has 2 heterocycles. The van der Waals surface area contributed by atoms with Gasteiger partial charge in [-0.25, -0.2) is 15.0 Å². The van der Waals surface area contributed by atoms with Crippen molar-refractivity contribution < 1.29 is 4.79 Å². The summed E-state index contributed by atoms with van der Waals surface area (Å²) < 4.78 is 0. The Morgan fingerprint density at radius 1 is 1.06 bits per heavy atom. The highest BCUT2D eigenvalue weighted by molar-refractivity contribution is 5.96. The van der Waals surface area contributed by atoms with Gasteiger partial charge in [0.25, 0.3) is 5.91 Å². The van der Waals surface area contributed by atoms with Gasteiger partial charge < -0.3 is 22.1 Å². The maximum Gasteiger partial charge on any atom is 0.289 e. The molecule has 0 spiro atoms. The Hall–Kier alpha value is -2.88. The molecule has 9 nitrogen and oxygen atoms in total. The van der Waals surface area contributed by atoms with Gasteiger partial charge in [0.2, 0.25) is 5.82 Å². The SMILES string of the molecule is Cc1ccc2nc(C(=O)NCCc3ccncc3)nc(N[C@H]3CCCC[C@H]3N=C(N)N)c2c1.Cl.Cl.Cl. The number of fused-ring (bicyclic) bond motifs is 1. The first-order valence-electron chi connectivity index (χ1n) is 11.3. The smallest absolute Gasteiger partial charge is 0.289 e. The predicted molar refractivity (Wildman–Crippen MR) is 152 cm³/mol. The van der Waals surface area contributed by atoms with Crippen LogP contribution in [0.1, 0.15) is 47.4 Å². The van der Waals surface area contributed by atoms with Gasteiger partial charge in [-0.1, -0.05) is 24.5 Å². The number of aryl methyl sites for hydroxylation is 1. The predicted octanol–water partition coefficient (Wildman–Crippen LogP) is 3.57. The molecule has 3 aromatic rings. The van der Waals surface area contributed by atoms with Crippen LogP contribution in [-0.2, 0) is 6.42 Å². The standard InChI is InChI=1S/C24H30N8O.3ClH/c1-15-6-7-18-17(14-15)21(30-19-4-2-3-5-20(19)31-24(25)26)32-22(29-18)23(33)28-13-10-16-8-11-27-12-9-16;;;/h6-9,11-12,14,19-20H,2-5,10,13H2,1H3,(H,28,33)(H4,25,26,31)(H,29,30,32);3*1H/t19-,20+;;;/m0.../s1. The molecule has 0 unspecified atom stereocenters. The van der Waals surface area contributed by atoms with Crippen LogP contribution in [0.3, 0.4) is 0 Å². The normalized spacial score (nSPS) is 16.5. The molecule has 1 saturated carbocycles. The number of amides is 1. The molecular formula is C24H33Cl3N8O. The van der Waals surface area contributed by atoms with Crippen molar-refractivity contribution in [1.29, 1.82) is 0 Å². The zero-order chi connectivity index (χ0) is 23.2. The fourth-order valence-electron chi connectivity index (χ4n) is 4.20. The van der Waals surface area contributed by atoms with E-state index in [2.05, 4.69) is 30.6 Å². The van der Waals surface area contributed by atoms with Crippen LogP contribution < -0.4 is 22.1 Å². The molecular weight excluding hydrogens is 523 g/mol. The summed E-state index contributed by atoms with van der Waals surface area (Å²) in [5.41, 5.74) is 14.2. The first kappa shape index (κ1) is 31.2. The summed E-state index contributed by atoms with van der Waals surface area (Å²) >= 11 is 0. The van der Waals surface area contributed by atoms with E-state index in [1.54, 1.807) is 12.4 Å². The van der Waals surface area contributed by atoms with E-state index < -0.39 is 0 Å². The molecule has 4 rings (SSSR count). The highest BCUT2D eigenvalue weighted by Gasteiger charge is 2.26. The van der Waals surface area contributed by atoms with Crippen molar-refractivity contribution in [2.24, 2.45) is 16.5 Å². The molecule has 2 aromatic heterocycles. The van der Waals surface area contributed by atoms with Crippen LogP contribution in [0.5, 0.6) is 0 Å². The lowest BCUT2D eigenvalue weighted by Gasteiger charge is -2.30. The summed E-state index contributed by atoms with van der Waals surface area (Å²) in [7, 11) is 0. The van der Waals surface area contributed by atoms with Crippen molar-refractivity contribution in [3.63, 3.8) is 0 Å². The number of guanidine groups is 1. The molecule has 0 aliphatic heterocycles. The maximum absolute atomic E-state index is 12.9.